The van der Waals surface area contributed by atoms with Crippen LogP contribution in [-0.4, -0.2) is 45.7 Å². The van der Waals surface area contributed by atoms with E-state index in [-0.39, 0.29) is 11.3 Å². The number of rotatable bonds is 7. The van der Waals surface area contributed by atoms with Crippen molar-refractivity contribution in [2.24, 2.45) is 5.10 Å². The first-order valence-corrected chi connectivity index (χ1v) is 7.54. The average Bonchev–Trinajstić information content (AvgIpc) is 2.67. The van der Waals surface area contributed by atoms with Gasteiger partial charge in [0.2, 0.25) is 5.75 Å². The molecule has 0 aromatic heterocycles. The Morgan fingerprint density at radius 1 is 1.00 bits per heavy atom. The molecule has 2 rings (SSSR count). The molecule has 2 aromatic carbocycles. The van der Waals surface area contributed by atoms with Crippen molar-refractivity contribution in [3.8, 4) is 28.7 Å². The maximum absolute atomic E-state index is 12.3. The van der Waals surface area contributed by atoms with E-state index >= 15 is 0 Å². The molecule has 2 N–H and O–H groups in total. The number of nitrogens with one attached hydrogen (secondary N) is 1. The summed E-state index contributed by atoms with van der Waals surface area (Å²) in [5.41, 5.74) is 3.05. The number of ether oxygens (including phenoxy) is 4. The van der Waals surface area contributed by atoms with E-state index < -0.39 is 5.91 Å². The minimum atomic E-state index is -0.483. The summed E-state index contributed by atoms with van der Waals surface area (Å²) < 4.78 is 20.7. The molecule has 0 saturated carbocycles. The number of carbonyl (C=O) groups excluding carboxylic acids is 1. The lowest BCUT2D eigenvalue weighted by atomic mass is 10.1. The van der Waals surface area contributed by atoms with Crippen molar-refractivity contribution in [1.82, 2.24) is 5.43 Å². The zero-order valence-electron chi connectivity index (χ0n) is 14.9. The molecule has 0 atom stereocenters. The number of nitrogens with zero attached hydrogens (tertiary/aromatic N) is 1. The highest BCUT2D eigenvalue weighted by Crippen LogP contribution is 2.38. The maximum atomic E-state index is 12.3. The third kappa shape index (κ3) is 4.15. The van der Waals surface area contributed by atoms with Gasteiger partial charge in [-0.05, 0) is 30.3 Å². The van der Waals surface area contributed by atoms with Crippen LogP contribution in [0.25, 0.3) is 0 Å². The van der Waals surface area contributed by atoms with Crippen LogP contribution >= 0.6 is 0 Å². The van der Waals surface area contributed by atoms with Crippen LogP contribution in [0, 0.1) is 0 Å². The van der Waals surface area contributed by atoms with E-state index in [1.165, 1.54) is 52.9 Å². The quantitative estimate of drug-likeness (QED) is 0.580. The summed E-state index contributed by atoms with van der Waals surface area (Å²) in [6, 6.07) is 7.69. The molecule has 138 valence electrons. The molecule has 8 heteroatoms. The van der Waals surface area contributed by atoms with Gasteiger partial charge in [0.15, 0.2) is 11.5 Å². The Bertz CT molecular complexity index is 794. The van der Waals surface area contributed by atoms with Gasteiger partial charge in [0.1, 0.15) is 11.5 Å². The lowest BCUT2D eigenvalue weighted by molar-refractivity contribution is 0.0954. The second kappa shape index (κ2) is 8.61. The third-order valence-corrected chi connectivity index (χ3v) is 3.53. The summed E-state index contributed by atoms with van der Waals surface area (Å²) in [5.74, 6) is 1.17. The summed E-state index contributed by atoms with van der Waals surface area (Å²) >= 11 is 0. The highest BCUT2D eigenvalue weighted by molar-refractivity contribution is 5.96. The van der Waals surface area contributed by atoms with E-state index in [2.05, 4.69) is 10.5 Å². The Balaban J connectivity index is 2.20. The van der Waals surface area contributed by atoms with Crippen LogP contribution in [-0.2, 0) is 0 Å². The highest BCUT2D eigenvalue weighted by atomic mass is 16.5. The Labute approximate surface area is 151 Å². The first kappa shape index (κ1) is 18.9. The van der Waals surface area contributed by atoms with Crippen molar-refractivity contribution in [2.75, 3.05) is 28.4 Å². The van der Waals surface area contributed by atoms with Gasteiger partial charge in [0, 0.05) is 11.1 Å². The number of phenols is 1. The van der Waals surface area contributed by atoms with Crippen LogP contribution in [0.1, 0.15) is 15.9 Å². The Hall–Kier alpha value is -3.42. The minimum absolute atomic E-state index is 0.0107. The molecule has 0 heterocycles. The molecular weight excluding hydrogens is 340 g/mol. The van der Waals surface area contributed by atoms with Crippen LogP contribution in [0.15, 0.2) is 35.4 Å². The SMILES string of the molecule is COc1ccc(O)c(/C=N/NC(=O)c2cc(OC)c(OC)c(OC)c2)c1. The fraction of sp³-hybridized carbons (Fsp3) is 0.222. The van der Waals surface area contributed by atoms with Gasteiger partial charge in [-0.2, -0.15) is 5.10 Å². The van der Waals surface area contributed by atoms with Crippen molar-refractivity contribution >= 4 is 12.1 Å². The van der Waals surface area contributed by atoms with Crippen molar-refractivity contribution in [1.29, 1.82) is 0 Å². The Morgan fingerprint density at radius 3 is 2.19 bits per heavy atom. The molecule has 1 amide bonds. The van der Waals surface area contributed by atoms with Gasteiger partial charge >= 0.3 is 0 Å². The molecule has 0 aliphatic heterocycles. The van der Waals surface area contributed by atoms with Crippen LogP contribution in [0.2, 0.25) is 0 Å². The minimum Gasteiger partial charge on any atom is -0.507 e. The van der Waals surface area contributed by atoms with Gasteiger partial charge in [-0.15, -0.1) is 0 Å². The summed E-state index contributed by atoms with van der Waals surface area (Å²) in [4.78, 5) is 12.3. The van der Waals surface area contributed by atoms with Gasteiger partial charge < -0.3 is 24.1 Å². The van der Waals surface area contributed by atoms with Gasteiger partial charge in [-0.3, -0.25) is 4.79 Å². The molecule has 0 unspecified atom stereocenters. The Morgan fingerprint density at radius 2 is 1.65 bits per heavy atom. The van der Waals surface area contributed by atoms with Crippen LogP contribution in [0.3, 0.4) is 0 Å². The number of methoxy groups -OCH3 is 4. The lowest BCUT2D eigenvalue weighted by Gasteiger charge is -2.13. The number of phenolic OH excluding ortho intramolecular Hbond substituents is 1. The molecule has 0 radical (unpaired) electrons. The summed E-state index contributed by atoms with van der Waals surface area (Å²) in [6.07, 6.45) is 1.31. The number of benzene rings is 2. The molecule has 26 heavy (non-hydrogen) atoms. The number of hydrogen-bond acceptors (Lipinski definition) is 7. The second-order valence-corrected chi connectivity index (χ2v) is 5.04. The van der Waals surface area contributed by atoms with Gasteiger partial charge in [-0.1, -0.05) is 0 Å². The van der Waals surface area contributed by atoms with E-state index in [1.54, 1.807) is 12.1 Å². The van der Waals surface area contributed by atoms with Crippen molar-refractivity contribution in [2.45, 2.75) is 0 Å². The zero-order valence-corrected chi connectivity index (χ0v) is 14.9. The summed E-state index contributed by atoms with van der Waals surface area (Å²) in [7, 11) is 5.91. The predicted octanol–water partition coefficient (Wildman–Crippen LogP) is 2.19. The van der Waals surface area contributed by atoms with Crippen molar-refractivity contribution in [3.63, 3.8) is 0 Å². The smallest absolute Gasteiger partial charge is 0.271 e. The highest BCUT2D eigenvalue weighted by Gasteiger charge is 2.16. The molecule has 0 saturated heterocycles. The van der Waals surface area contributed by atoms with E-state index in [1.807, 2.05) is 0 Å². The predicted molar refractivity (Wildman–Crippen MR) is 95.8 cm³/mol. The Kier molecular flexibility index (Phi) is 6.26. The number of hydrogen-bond donors (Lipinski definition) is 2. The largest absolute Gasteiger partial charge is 0.507 e. The van der Waals surface area contributed by atoms with Gasteiger partial charge in [-0.25, -0.2) is 5.43 Å². The molecule has 0 aliphatic rings. The third-order valence-electron chi connectivity index (χ3n) is 3.53. The number of hydrazone groups is 1. The molecular formula is C18H20N2O6. The van der Waals surface area contributed by atoms with Crippen LogP contribution in [0.4, 0.5) is 0 Å². The van der Waals surface area contributed by atoms with Crippen LogP contribution in [0.5, 0.6) is 28.7 Å². The topological polar surface area (TPSA) is 98.6 Å². The first-order valence-electron chi connectivity index (χ1n) is 7.54. The monoisotopic (exact) mass is 360 g/mol. The molecule has 0 bridgehead atoms. The standard InChI is InChI=1S/C18H20N2O6/c1-23-13-5-6-14(21)12(7-13)10-19-20-18(22)11-8-15(24-2)17(26-4)16(9-11)25-3/h5-10,21H,1-4H3,(H,20,22)/b19-10+. The number of aromatic hydroxyl groups is 1. The normalized spacial score (nSPS) is 10.5. The molecule has 8 nitrogen and oxygen atoms in total. The molecule has 0 spiro atoms. The van der Waals surface area contributed by atoms with Gasteiger partial charge in [0.05, 0.1) is 34.7 Å². The number of carbonyl (C=O) groups is 1. The van der Waals surface area contributed by atoms with Crippen molar-refractivity contribution < 1.29 is 28.8 Å². The fourth-order valence-corrected chi connectivity index (χ4v) is 2.20. The van der Waals surface area contributed by atoms with E-state index in [0.717, 1.165) is 0 Å². The van der Waals surface area contributed by atoms with Crippen LogP contribution < -0.4 is 24.4 Å². The molecule has 0 aliphatic carbocycles. The maximum Gasteiger partial charge on any atom is 0.271 e. The van der Waals surface area contributed by atoms with E-state index in [4.69, 9.17) is 18.9 Å². The zero-order chi connectivity index (χ0) is 19.1. The number of amides is 1. The first-order chi connectivity index (χ1) is 12.5. The second-order valence-electron chi connectivity index (χ2n) is 5.04. The average molecular weight is 360 g/mol. The van der Waals surface area contributed by atoms with Crippen molar-refractivity contribution in [3.05, 3.63) is 41.5 Å². The van der Waals surface area contributed by atoms with E-state index in [0.29, 0.717) is 28.6 Å². The summed E-state index contributed by atoms with van der Waals surface area (Å²) in [6.45, 7) is 0. The van der Waals surface area contributed by atoms with Gasteiger partial charge in [0.25, 0.3) is 5.91 Å². The summed E-state index contributed by atoms with van der Waals surface area (Å²) in [5, 5.41) is 13.7. The lowest BCUT2D eigenvalue weighted by Crippen LogP contribution is -2.18. The molecule has 2 aromatic rings. The fourth-order valence-electron chi connectivity index (χ4n) is 2.20. The molecule has 0 fully saturated rings. The van der Waals surface area contributed by atoms with E-state index in [9.17, 15) is 9.90 Å².